The molecule has 0 atom stereocenters. The van der Waals surface area contributed by atoms with Crippen LogP contribution < -0.4 is 14.9 Å². The predicted octanol–water partition coefficient (Wildman–Crippen LogP) is 6.79. The summed E-state index contributed by atoms with van der Waals surface area (Å²) in [7, 11) is 0. The van der Waals surface area contributed by atoms with Crippen LogP contribution in [0.1, 0.15) is 21.7 Å². The van der Waals surface area contributed by atoms with Crippen molar-refractivity contribution in [3.8, 4) is 17.2 Å². The fourth-order valence-corrected chi connectivity index (χ4v) is 3.20. The van der Waals surface area contributed by atoms with Crippen LogP contribution in [0.2, 0.25) is 5.02 Å². The molecule has 0 saturated carbocycles. The molecule has 4 rings (SSSR count). The maximum absolute atomic E-state index is 13.7. The Bertz CT molecular complexity index is 1410. The molecule has 9 heteroatoms. The number of benzene rings is 3. The number of alkyl halides is 3. The zero-order chi connectivity index (χ0) is 23.8. The Labute approximate surface area is 189 Å². The summed E-state index contributed by atoms with van der Waals surface area (Å²) in [6.45, 7) is 1.80. The van der Waals surface area contributed by atoms with Crippen LogP contribution in [0.25, 0.3) is 11.0 Å². The Hall–Kier alpha value is -3.78. The number of hydrogen-bond acceptors (Lipinski definition) is 5. The summed E-state index contributed by atoms with van der Waals surface area (Å²) in [6, 6.07) is 15.6. The molecule has 0 aliphatic rings. The highest BCUT2D eigenvalue weighted by Crippen LogP contribution is 2.38. The topological polar surface area (TPSA) is 65.7 Å². The van der Waals surface area contributed by atoms with Gasteiger partial charge in [0.25, 0.3) is 5.76 Å². The molecule has 0 aliphatic heterocycles. The number of aryl methyl sites for hydroxylation is 1. The molecule has 5 nitrogen and oxygen atoms in total. The van der Waals surface area contributed by atoms with Crippen LogP contribution in [-0.2, 0) is 6.18 Å². The molecule has 0 saturated heterocycles. The third-order valence-corrected chi connectivity index (χ3v) is 4.83. The van der Waals surface area contributed by atoms with Gasteiger partial charge < -0.3 is 13.9 Å². The highest BCUT2D eigenvalue weighted by Gasteiger charge is 2.40. The average Bonchev–Trinajstić information content (AvgIpc) is 2.76. The van der Waals surface area contributed by atoms with Gasteiger partial charge in [0.05, 0.1) is 10.9 Å². The van der Waals surface area contributed by atoms with E-state index in [1.54, 1.807) is 31.2 Å². The Morgan fingerprint density at radius 3 is 2.33 bits per heavy atom. The average molecular weight is 475 g/mol. The number of hydrogen-bond donors (Lipinski definition) is 0. The molecule has 1 aromatic heterocycles. The van der Waals surface area contributed by atoms with E-state index in [1.165, 1.54) is 36.4 Å². The molecule has 0 fully saturated rings. The van der Waals surface area contributed by atoms with E-state index in [0.717, 1.165) is 11.6 Å². The van der Waals surface area contributed by atoms with Crippen molar-refractivity contribution >= 4 is 28.5 Å². The molecule has 0 spiro atoms. The van der Waals surface area contributed by atoms with Gasteiger partial charge in [-0.3, -0.25) is 4.79 Å². The summed E-state index contributed by atoms with van der Waals surface area (Å²) in [5.41, 5.74) is -0.428. The second kappa shape index (κ2) is 8.63. The maximum Gasteiger partial charge on any atom is 0.453 e. The van der Waals surface area contributed by atoms with E-state index in [4.69, 9.17) is 25.5 Å². The number of halogens is 4. The number of esters is 1. The summed E-state index contributed by atoms with van der Waals surface area (Å²) in [5.74, 6) is -3.43. The van der Waals surface area contributed by atoms with Gasteiger partial charge in [-0.1, -0.05) is 35.4 Å². The normalized spacial score (nSPS) is 11.4. The molecule has 0 N–H and O–H groups in total. The van der Waals surface area contributed by atoms with Gasteiger partial charge in [0.1, 0.15) is 17.1 Å². The lowest BCUT2D eigenvalue weighted by Crippen LogP contribution is -2.15. The number of rotatable bonds is 4. The molecule has 0 amide bonds. The Morgan fingerprint density at radius 1 is 0.970 bits per heavy atom. The third kappa shape index (κ3) is 4.85. The summed E-state index contributed by atoms with van der Waals surface area (Å²) < 4.78 is 56.5. The molecule has 0 bridgehead atoms. The highest BCUT2D eigenvalue weighted by atomic mass is 35.5. The predicted molar refractivity (Wildman–Crippen MR) is 115 cm³/mol. The number of carbonyl (C=O) groups excluding carboxylic acids is 1. The maximum atomic E-state index is 13.7. The van der Waals surface area contributed by atoms with E-state index < -0.39 is 34.7 Å². The zero-order valence-electron chi connectivity index (χ0n) is 16.9. The second-order valence-corrected chi connectivity index (χ2v) is 7.50. The molecule has 33 heavy (non-hydrogen) atoms. The SMILES string of the molecule is Cc1ccc(Oc2c(C(F)(F)F)oc3cc(OC(=O)c4cccc(Cl)c4)ccc3c2=O)cc1. The van der Waals surface area contributed by atoms with Gasteiger partial charge in [-0.2, -0.15) is 13.2 Å². The fraction of sp³-hybridized carbons (Fsp3) is 0.0833. The van der Waals surface area contributed by atoms with Crippen molar-refractivity contribution in [3.05, 3.63) is 98.9 Å². The third-order valence-electron chi connectivity index (χ3n) is 4.59. The van der Waals surface area contributed by atoms with E-state index in [1.807, 2.05) is 0 Å². The van der Waals surface area contributed by atoms with E-state index in [0.29, 0.717) is 5.02 Å². The van der Waals surface area contributed by atoms with Crippen molar-refractivity contribution in [2.75, 3.05) is 0 Å². The summed E-state index contributed by atoms with van der Waals surface area (Å²) >= 11 is 5.85. The molecule has 0 radical (unpaired) electrons. The minimum atomic E-state index is -5.01. The van der Waals surface area contributed by atoms with E-state index >= 15 is 0 Å². The zero-order valence-corrected chi connectivity index (χ0v) is 17.7. The Kier molecular flexibility index (Phi) is 5.86. The number of ether oxygens (including phenoxy) is 2. The van der Waals surface area contributed by atoms with Crippen LogP contribution in [0.4, 0.5) is 13.2 Å². The molecule has 168 valence electrons. The van der Waals surface area contributed by atoms with Gasteiger partial charge >= 0.3 is 12.1 Å². The van der Waals surface area contributed by atoms with Crippen LogP contribution in [0.15, 0.2) is 75.9 Å². The van der Waals surface area contributed by atoms with Crippen LogP contribution in [-0.4, -0.2) is 5.97 Å². The van der Waals surface area contributed by atoms with Crippen molar-refractivity contribution in [1.82, 2.24) is 0 Å². The van der Waals surface area contributed by atoms with Crippen molar-refractivity contribution in [3.63, 3.8) is 0 Å². The second-order valence-electron chi connectivity index (χ2n) is 7.06. The standard InChI is InChI=1S/C24H14ClF3O5/c1-13-5-7-16(8-6-13)31-21-20(29)18-10-9-17(12-19(18)33-22(21)24(26,27)28)32-23(30)14-3-2-4-15(25)11-14/h2-12H,1H3. The molecule has 0 unspecified atom stereocenters. The van der Waals surface area contributed by atoms with Gasteiger partial charge in [-0.15, -0.1) is 0 Å². The van der Waals surface area contributed by atoms with Gasteiger partial charge in [0.15, 0.2) is 0 Å². The molecular formula is C24H14ClF3O5. The van der Waals surface area contributed by atoms with Crippen molar-refractivity contribution < 1.29 is 31.9 Å². The lowest BCUT2D eigenvalue weighted by Gasteiger charge is -2.13. The minimum Gasteiger partial charge on any atom is -0.449 e. The highest BCUT2D eigenvalue weighted by molar-refractivity contribution is 6.30. The quantitative estimate of drug-likeness (QED) is 0.241. The van der Waals surface area contributed by atoms with Gasteiger partial charge in [-0.25, -0.2) is 4.79 Å². The lowest BCUT2D eigenvalue weighted by molar-refractivity contribution is -0.154. The Morgan fingerprint density at radius 2 is 1.67 bits per heavy atom. The number of fused-ring (bicyclic) bond motifs is 1. The monoisotopic (exact) mass is 474 g/mol. The number of carbonyl (C=O) groups is 1. The first kappa shape index (κ1) is 22.4. The van der Waals surface area contributed by atoms with Crippen LogP contribution in [0, 0.1) is 6.92 Å². The van der Waals surface area contributed by atoms with Crippen molar-refractivity contribution in [2.45, 2.75) is 13.1 Å². The molecule has 0 aliphatic carbocycles. The van der Waals surface area contributed by atoms with Gasteiger partial charge in [0.2, 0.25) is 11.2 Å². The van der Waals surface area contributed by atoms with Gasteiger partial charge in [-0.05, 0) is 49.4 Å². The molecule has 1 heterocycles. The van der Waals surface area contributed by atoms with Crippen molar-refractivity contribution in [1.29, 1.82) is 0 Å². The lowest BCUT2D eigenvalue weighted by atomic mass is 10.2. The Balaban J connectivity index is 1.75. The molecule has 4 aromatic rings. The van der Waals surface area contributed by atoms with Crippen molar-refractivity contribution in [2.24, 2.45) is 0 Å². The molecule has 3 aromatic carbocycles. The van der Waals surface area contributed by atoms with E-state index in [2.05, 4.69) is 0 Å². The van der Waals surface area contributed by atoms with Crippen LogP contribution in [0.3, 0.4) is 0 Å². The minimum absolute atomic E-state index is 0.0461. The van der Waals surface area contributed by atoms with E-state index in [9.17, 15) is 22.8 Å². The first-order chi connectivity index (χ1) is 15.6. The first-order valence-electron chi connectivity index (χ1n) is 9.52. The van der Waals surface area contributed by atoms with E-state index in [-0.39, 0.29) is 22.4 Å². The largest absolute Gasteiger partial charge is 0.453 e. The van der Waals surface area contributed by atoms with Crippen LogP contribution in [0.5, 0.6) is 17.2 Å². The summed E-state index contributed by atoms with van der Waals surface area (Å²) in [6.07, 6.45) is -5.01. The smallest absolute Gasteiger partial charge is 0.449 e. The first-order valence-corrected chi connectivity index (χ1v) is 9.90. The fourth-order valence-electron chi connectivity index (χ4n) is 3.00. The molecular weight excluding hydrogens is 461 g/mol. The summed E-state index contributed by atoms with van der Waals surface area (Å²) in [5, 5.41) is 0.137. The van der Waals surface area contributed by atoms with Gasteiger partial charge in [0, 0.05) is 11.1 Å². The van der Waals surface area contributed by atoms with Crippen LogP contribution >= 0.6 is 11.6 Å². The summed E-state index contributed by atoms with van der Waals surface area (Å²) in [4.78, 5) is 25.2.